The molecule has 0 spiro atoms. The van der Waals surface area contributed by atoms with Crippen molar-refractivity contribution in [2.75, 3.05) is 5.73 Å². The summed E-state index contributed by atoms with van der Waals surface area (Å²) in [5, 5.41) is 8.57. The zero-order valence-corrected chi connectivity index (χ0v) is 6.97. The quantitative estimate of drug-likeness (QED) is 0.523. The topological polar surface area (TPSA) is 66.9 Å². The van der Waals surface area contributed by atoms with Crippen molar-refractivity contribution in [2.24, 2.45) is 0 Å². The fourth-order valence-electron chi connectivity index (χ4n) is 0.974. The van der Waals surface area contributed by atoms with Crippen LogP contribution in [0.3, 0.4) is 0 Å². The molecule has 3 nitrogen and oxygen atoms in total. The summed E-state index contributed by atoms with van der Waals surface area (Å²) in [6.45, 7) is 1.30. The van der Waals surface area contributed by atoms with E-state index in [1.807, 2.05) is 0 Å². The van der Waals surface area contributed by atoms with Crippen molar-refractivity contribution in [1.82, 2.24) is 0 Å². The first-order valence-electron chi connectivity index (χ1n) is 3.56. The van der Waals surface area contributed by atoms with Crippen LogP contribution in [0, 0.1) is 17.1 Å². The van der Waals surface area contributed by atoms with Gasteiger partial charge in [-0.25, -0.2) is 4.39 Å². The predicted octanol–water partition coefficient (Wildman–Crippen LogP) is 1.48. The number of carbonyl (C=O) groups excluding carboxylic acids is 1. The number of carbonyl (C=O) groups is 1. The molecule has 0 heterocycles. The van der Waals surface area contributed by atoms with E-state index in [1.54, 1.807) is 6.07 Å². The molecule has 0 radical (unpaired) electrons. The molecule has 0 bridgehead atoms. The number of anilines is 1. The van der Waals surface area contributed by atoms with Crippen LogP contribution in [0.1, 0.15) is 22.8 Å². The highest BCUT2D eigenvalue weighted by molar-refractivity contribution is 5.97. The van der Waals surface area contributed by atoms with Crippen LogP contribution in [0.15, 0.2) is 12.1 Å². The molecule has 0 fully saturated rings. The number of rotatable bonds is 1. The average molecular weight is 178 g/mol. The minimum atomic E-state index is -0.679. The fraction of sp³-hybridized carbons (Fsp3) is 0.111. The standard InChI is InChI=1S/C9H7FN2O/c1-5(13)7-3-9(12)8(10)2-6(7)4-11/h2-3H,12H2,1H3. The Kier molecular flexibility index (Phi) is 2.29. The second-order valence-corrected chi connectivity index (χ2v) is 2.59. The van der Waals surface area contributed by atoms with Crippen LogP contribution < -0.4 is 5.73 Å². The molecule has 1 aromatic carbocycles. The molecule has 2 N–H and O–H groups in total. The van der Waals surface area contributed by atoms with Gasteiger partial charge in [-0.1, -0.05) is 0 Å². The third-order valence-electron chi connectivity index (χ3n) is 1.64. The molecular weight excluding hydrogens is 171 g/mol. The van der Waals surface area contributed by atoms with Gasteiger partial charge in [0.2, 0.25) is 0 Å². The van der Waals surface area contributed by atoms with E-state index in [0.29, 0.717) is 0 Å². The zero-order chi connectivity index (χ0) is 10.0. The van der Waals surface area contributed by atoms with Gasteiger partial charge in [0, 0.05) is 5.56 Å². The molecule has 0 amide bonds. The number of nitriles is 1. The van der Waals surface area contributed by atoms with E-state index in [-0.39, 0.29) is 22.6 Å². The monoisotopic (exact) mass is 178 g/mol. The first kappa shape index (κ1) is 9.20. The lowest BCUT2D eigenvalue weighted by Crippen LogP contribution is -2.01. The molecule has 0 saturated carbocycles. The first-order chi connectivity index (χ1) is 6.06. The highest BCUT2D eigenvalue weighted by atomic mass is 19.1. The van der Waals surface area contributed by atoms with Gasteiger partial charge in [-0.05, 0) is 19.1 Å². The van der Waals surface area contributed by atoms with Crippen LogP contribution in [0.2, 0.25) is 0 Å². The second kappa shape index (κ2) is 3.23. The van der Waals surface area contributed by atoms with E-state index < -0.39 is 5.82 Å². The Morgan fingerprint density at radius 2 is 2.23 bits per heavy atom. The Labute approximate surface area is 74.6 Å². The number of halogens is 1. The van der Waals surface area contributed by atoms with Crippen LogP contribution in [0.4, 0.5) is 10.1 Å². The lowest BCUT2D eigenvalue weighted by molar-refractivity contribution is 0.101. The summed E-state index contributed by atoms with van der Waals surface area (Å²) in [5.74, 6) is -0.982. The minimum absolute atomic E-state index is 0.0131. The van der Waals surface area contributed by atoms with Gasteiger partial charge in [0.15, 0.2) is 5.78 Å². The number of benzene rings is 1. The van der Waals surface area contributed by atoms with Crippen molar-refractivity contribution in [3.63, 3.8) is 0 Å². The Balaban J connectivity index is 3.44. The summed E-state index contributed by atoms with van der Waals surface area (Å²) >= 11 is 0. The second-order valence-electron chi connectivity index (χ2n) is 2.59. The molecule has 0 unspecified atom stereocenters. The summed E-state index contributed by atoms with van der Waals surface area (Å²) in [6, 6.07) is 3.87. The Bertz CT molecular complexity index is 407. The molecule has 13 heavy (non-hydrogen) atoms. The summed E-state index contributed by atoms with van der Waals surface area (Å²) in [6.07, 6.45) is 0. The maximum atomic E-state index is 12.8. The van der Waals surface area contributed by atoms with E-state index in [9.17, 15) is 9.18 Å². The molecule has 0 aliphatic carbocycles. The van der Waals surface area contributed by atoms with Crippen LogP contribution in [0.25, 0.3) is 0 Å². The summed E-state index contributed by atoms with van der Waals surface area (Å²) in [7, 11) is 0. The fourth-order valence-corrected chi connectivity index (χ4v) is 0.974. The molecule has 0 atom stereocenters. The minimum Gasteiger partial charge on any atom is -0.396 e. The summed E-state index contributed by atoms with van der Waals surface area (Å²) in [5.41, 5.74) is 5.29. The lowest BCUT2D eigenvalue weighted by Gasteiger charge is -2.01. The number of nitrogens with zero attached hydrogens (tertiary/aromatic N) is 1. The largest absolute Gasteiger partial charge is 0.396 e. The normalized spacial score (nSPS) is 9.31. The SMILES string of the molecule is CC(=O)c1cc(N)c(F)cc1C#N. The molecule has 4 heteroatoms. The molecule has 0 aliphatic heterocycles. The maximum absolute atomic E-state index is 12.8. The number of Topliss-reactive ketones (excluding diaryl/α,β-unsaturated/α-hetero) is 1. The van der Waals surface area contributed by atoms with E-state index in [0.717, 1.165) is 6.07 Å². The number of nitrogen functional groups attached to an aromatic ring is 1. The van der Waals surface area contributed by atoms with Crippen LogP contribution in [-0.4, -0.2) is 5.78 Å². The predicted molar refractivity (Wildman–Crippen MR) is 45.5 cm³/mol. The Hall–Kier alpha value is -1.89. The van der Waals surface area contributed by atoms with Gasteiger partial charge in [-0.15, -0.1) is 0 Å². The first-order valence-corrected chi connectivity index (χ1v) is 3.56. The van der Waals surface area contributed by atoms with Gasteiger partial charge in [0.05, 0.1) is 17.3 Å². The highest BCUT2D eigenvalue weighted by Gasteiger charge is 2.10. The van der Waals surface area contributed by atoms with Gasteiger partial charge in [0.25, 0.3) is 0 Å². The third kappa shape index (κ3) is 1.64. The number of ketones is 1. The highest BCUT2D eigenvalue weighted by Crippen LogP contribution is 2.17. The summed E-state index contributed by atoms with van der Waals surface area (Å²) in [4.78, 5) is 11.0. The summed E-state index contributed by atoms with van der Waals surface area (Å²) < 4.78 is 12.8. The van der Waals surface area contributed by atoms with Crippen LogP contribution in [-0.2, 0) is 0 Å². The van der Waals surface area contributed by atoms with Crippen LogP contribution >= 0.6 is 0 Å². The van der Waals surface area contributed by atoms with Crippen molar-refractivity contribution in [1.29, 1.82) is 5.26 Å². The van der Waals surface area contributed by atoms with Gasteiger partial charge < -0.3 is 5.73 Å². The lowest BCUT2D eigenvalue weighted by atomic mass is 10.0. The maximum Gasteiger partial charge on any atom is 0.161 e. The third-order valence-corrected chi connectivity index (χ3v) is 1.64. The number of nitrogens with two attached hydrogens (primary N) is 1. The average Bonchev–Trinajstić information content (AvgIpc) is 2.08. The molecule has 0 aliphatic rings. The van der Waals surface area contributed by atoms with Crippen LogP contribution in [0.5, 0.6) is 0 Å². The van der Waals surface area contributed by atoms with Crippen molar-refractivity contribution in [2.45, 2.75) is 6.92 Å². The molecule has 1 aromatic rings. The smallest absolute Gasteiger partial charge is 0.161 e. The Morgan fingerprint density at radius 1 is 1.62 bits per heavy atom. The number of hydrogen-bond donors (Lipinski definition) is 1. The zero-order valence-electron chi connectivity index (χ0n) is 6.97. The van der Waals surface area contributed by atoms with E-state index in [4.69, 9.17) is 11.0 Å². The van der Waals surface area contributed by atoms with Gasteiger partial charge >= 0.3 is 0 Å². The molecular formula is C9H7FN2O. The molecule has 0 aromatic heterocycles. The van der Waals surface area contributed by atoms with Gasteiger partial charge in [0.1, 0.15) is 5.82 Å². The Morgan fingerprint density at radius 3 is 2.69 bits per heavy atom. The van der Waals surface area contributed by atoms with Gasteiger partial charge in [-0.3, -0.25) is 4.79 Å². The molecule has 0 saturated heterocycles. The van der Waals surface area contributed by atoms with E-state index in [1.165, 1.54) is 13.0 Å². The van der Waals surface area contributed by atoms with E-state index >= 15 is 0 Å². The molecule has 66 valence electrons. The number of hydrogen-bond acceptors (Lipinski definition) is 3. The molecule has 1 rings (SSSR count). The van der Waals surface area contributed by atoms with Gasteiger partial charge in [-0.2, -0.15) is 5.26 Å². The van der Waals surface area contributed by atoms with E-state index in [2.05, 4.69) is 0 Å². The van der Waals surface area contributed by atoms with Crippen molar-refractivity contribution in [3.05, 3.63) is 29.1 Å². The van der Waals surface area contributed by atoms with Crippen molar-refractivity contribution < 1.29 is 9.18 Å². The van der Waals surface area contributed by atoms with Crippen molar-refractivity contribution in [3.8, 4) is 6.07 Å². The van der Waals surface area contributed by atoms with Crippen molar-refractivity contribution >= 4 is 11.5 Å².